The van der Waals surface area contributed by atoms with E-state index < -0.39 is 0 Å². The van der Waals surface area contributed by atoms with Crippen molar-refractivity contribution < 1.29 is 14.3 Å². The number of ether oxygens (including phenoxy) is 2. The molecule has 1 fully saturated rings. The minimum absolute atomic E-state index is 0.0485. The maximum atomic E-state index is 12.0. The average Bonchev–Trinajstić information content (AvgIpc) is 3.11. The van der Waals surface area contributed by atoms with Crippen LogP contribution in [0.5, 0.6) is 0 Å². The van der Waals surface area contributed by atoms with E-state index in [0.717, 1.165) is 31.4 Å². The van der Waals surface area contributed by atoms with E-state index in [1.54, 1.807) is 13.8 Å². The fourth-order valence-electron chi connectivity index (χ4n) is 3.14. The van der Waals surface area contributed by atoms with E-state index in [1.807, 2.05) is 6.07 Å². The van der Waals surface area contributed by atoms with Crippen molar-refractivity contribution in [3.8, 4) is 6.07 Å². The Morgan fingerprint density at radius 3 is 2.96 bits per heavy atom. The van der Waals surface area contributed by atoms with Gasteiger partial charge in [-0.1, -0.05) is 0 Å². The van der Waals surface area contributed by atoms with Gasteiger partial charge < -0.3 is 19.8 Å². The molecule has 1 atom stereocenters. The Morgan fingerprint density at radius 2 is 2.27 bits per heavy atom. The van der Waals surface area contributed by atoms with E-state index in [-0.39, 0.29) is 23.1 Å². The van der Waals surface area contributed by atoms with Gasteiger partial charge in [0.05, 0.1) is 12.7 Å². The molecular weight excluding hydrogens is 334 g/mol. The van der Waals surface area contributed by atoms with Crippen molar-refractivity contribution in [2.24, 2.45) is 0 Å². The van der Waals surface area contributed by atoms with E-state index >= 15 is 0 Å². The van der Waals surface area contributed by atoms with Crippen LogP contribution in [-0.2, 0) is 20.7 Å². The number of H-pyrrole nitrogens is 1. The molecule has 1 amide bonds. The summed E-state index contributed by atoms with van der Waals surface area (Å²) in [6.45, 7) is 6.16. The Labute approximate surface area is 153 Å². The number of carbonyl (C=O) groups excluding carboxylic acids is 1. The SMILES string of the molecule is Cc1[nH]c(=O)c(C#N)c(C)c1CCC(=O)NCCCOCC1CCCO1. The summed E-state index contributed by atoms with van der Waals surface area (Å²) in [5.41, 5.74) is 1.97. The largest absolute Gasteiger partial charge is 0.379 e. The number of nitriles is 1. The van der Waals surface area contributed by atoms with Crippen LogP contribution in [0.4, 0.5) is 0 Å². The zero-order valence-corrected chi connectivity index (χ0v) is 15.5. The van der Waals surface area contributed by atoms with Gasteiger partial charge in [-0.25, -0.2) is 0 Å². The Balaban J connectivity index is 1.67. The van der Waals surface area contributed by atoms with Crippen molar-refractivity contribution in [2.75, 3.05) is 26.4 Å². The lowest BCUT2D eigenvalue weighted by Gasteiger charge is -2.12. The zero-order chi connectivity index (χ0) is 18.9. The van der Waals surface area contributed by atoms with Crippen LogP contribution in [0.3, 0.4) is 0 Å². The van der Waals surface area contributed by atoms with Gasteiger partial charge in [0, 0.05) is 31.9 Å². The van der Waals surface area contributed by atoms with Crippen LogP contribution in [0.15, 0.2) is 4.79 Å². The minimum Gasteiger partial charge on any atom is -0.379 e. The van der Waals surface area contributed by atoms with Gasteiger partial charge in [0.25, 0.3) is 5.56 Å². The number of pyridine rings is 1. The molecule has 1 unspecified atom stereocenters. The second-order valence-corrected chi connectivity index (χ2v) is 6.58. The van der Waals surface area contributed by atoms with Crippen molar-refractivity contribution in [1.82, 2.24) is 10.3 Å². The first-order valence-electron chi connectivity index (χ1n) is 9.11. The third-order valence-corrected chi connectivity index (χ3v) is 4.64. The van der Waals surface area contributed by atoms with Crippen molar-refractivity contribution >= 4 is 5.91 Å². The summed E-state index contributed by atoms with van der Waals surface area (Å²) in [5, 5.41) is 12.0. The van der Waals surface area contributed by atoms with Gasteiger partial charge in [-0.3, -0.25) is 9.59 Å². The second-order valence-electron chi connectivity index (χ2n) is 6.58. The molecule has 2 heterocycles. The van der Waals surface area contributed by atoms with E-state index in [9.17, 15) is 9.59 Å². The molecule has 1 aliphatic rings. The molecule has 0 spiro atoms. The number of rotatable bonds is 9. The van der Waals surface area contributed by atoms with Gasteiger partial charge in [0.15, 0.2) is 0 Å². The predicted molar refractivity (Wildman–Crippen MR) is 97.0 cm³/mol. The second kappa shape index (κ2) is 10.1. The van der Waals surface area contributed by atoms with Crippen molar-refractivity contribution in [3.63, 3.8) is 0 Å². The first-order chi connectivity index (χ1) is 12.5. The molecule has 0 radical (unpaired) electrons. The highest BCUT2D eigenvalue weighted by molar-refractivity contribution is 5.76. The van der Waals surface area contributed by atoms with Gasteiger partial charge in [-0.05, 0) is 50.7 Å². The first kappa shape index (κ1) is 20.1. The molecule has 0 aliphatic carbocycles. The number of hydrogen-bond donors (Lipinski definition) is 2. The molecule has 2 rings (SSSR count). The molecule has 1 saturated heterocycles. The van der Waals surface area contributed by atoms with Crippen LogP contribution in [-0.4, -0.2) is 43.4 Å². The standard InChI is InChI=1S/C19H27N3O4/c1-13-16(14(2)22-19(24)17(13)11-20)6-7-18(23)21-8-4-9-25-12-15-5-3-10-26-15/h15H,3-10,12H2,1-2H3,(H,21,23)(H,22,24). The molecule has 0 saturated carbocycles. The molecular formula is C19H27N3O4. The van der Waals surface area contributed by atoms with Crippen LogP contribution < -0.4 is 10.9 Å². The lowest BCUT2D eigenvalue weighted by molar-refractivity contribution is -0.121. The normalized spacial score (nSPS) is 16.4. The molecule has 0 aromatic carbocycles. The highest BCUT2D eigenvalue weighted by atomic mass is 16.5. The van der Waals surface area contributed by atoms with Gasteiger partial charge in [-0.15, -0.1) is 0 Å². The molecule has 2 N–H and O–H groups in total. The lowest BCUT2D eigenvalue weighted by Crippen LogP contribution is -2.26. The maximum absolute atomic E-state index is 12.0. The molecule has 142 valence electrons. The van der Waals surface area contributed by atoms with Crippen molar-refractivity contribution in [2.45, 2.75) is 52.1 Å². The summed E-state index contributed by atoms with van der Waals surface area (Å²) in [4.78, 5) is 26.4. The molecule has 1 aromatic rings. The summed E-state index contributed by atoms with van der Waals surface area (Å²) in [7, 11) is 0. The fourth-order valence-corrected chi connectivity index (χ4v) is 3.14. The molecule has 26 heavy (non-hydrogen) atoms. The van der Waals surface area contributed by atoms with E-state index in [4.69, 9.17) is 14.7 Å². The molecule has 0 bridgehead atoms. The quantitative estimate of drug-likeness (QED) is 0.649. The van der Waals surface area contributed by atoms with Crippen LogP contribution >= 0.6 is 0 Å². The van der Waals surface area contributed by atoms with Crippen LogP contribution in [0.1, 0.15) is 48.1 Å². The Morgan fingerprint density at radius 1 is 1.46 bits per heavy atom. The number of carbonyl (C=O) groups is 1. The van der Waals surface area contributed by atoms with Gasteiger partial charge in [0.2, 0.25) is 5.91 Å². The van der Waals surface area contributed by atoms with E-state index in [2.05, 4.69) is 10.3 Å². The van der Waals surface area contributed by atoms with Crippen LogP contribution in [0.25, 0.3) is 0 Å². The number of nitrogens with zero attached hydrogens (tertiary/aromatic N) is 1. The molecule has 7 heteroatoms. The van der Waals surface area contributed by atoms with Gasteiger partial charge in [0.1, 0.15) is 11.6 Å². The number of hydrogen-bond acceptors (Lipinski definition) is 5. The highest BCUT2D eigenvalue weighted by Gasteiger charge is 2.15. The number of aromatic amines is 1. The molecule has 7 nitrogen and oxygen atoms in total. The minimum atomic E-state index is -0.376. The fraction of sp³-hybridized carbons (Fsp3) is 0.632. The summed E-state index contributed by atoms with van der Waals surface area (Å²) in [5.74, 6) is -0.0485. The molecule has 1 aliphatic heterocycles. The molecule has 1 aromatic heterocycles. The number of aryl methyl sites for hydroxylation is 1. The smallest absolute Gasteiger partial charge is 0.266 e. The summed E-state index contributed by atoms with van der Waals surface area (Å²) >= 11 is 0. The topological polar surface area (TPSA) is 104 Å². The van der Waals surface area contributed by atoms with Crippen molar-refractivity contribution in [1.29, 1.82) is 5.26 Å². The lowest BCUT2D eigenvalue weighted by atomic mass is 9.99. The van der Waals surface area contributed by atoms with Gasteiger partial charge >= 0.3 is 0 Å². The third kappa shape index (κ3) is 5.68. The monoisotopic (exact) mass is 361 g/mol. The average molecular weight is 361 g/mol. The summed E-state index contributed by atoms with van der Waals surface area (Å²) < 4.78 is 11.0. The van der Waals surface area contributed by atoms with Gasteiger partial charge in [-0.2, -0.15) is 5.26 Å². The third-order valence-electron chi connectivity index (χ3n) is 4.64. The highest BCUT2D eigenvalue weighted by Crippen LogP contribution is 2.15. The van der Waals surface area contributed by atoms with E-state index in [1.165, 1.54) is 0 Å². The Hall–Kier alpha value is -2.17. The number of aromatic nitrogens is 1. The first-order valence-corrected chi connectivity index (χ1v) is 9.11. The summed E-state index contributed by atoms with van der Waals surface area (Å²) in [6.07, 6.45) is 3.96. The number of amides is 1. The maximum Gasteiger partial charge on any atom is 0.266 e. The van der Waals surface area contributed by atoms with E-state index in [0.29, 0.717) is 43.9 Å². The summed E-state index contributed by atoms with van der Waals surface area (Å²) in [6, 6.07) is 1.93. The van der Waals surface area contributed by atoms with Crippen LogP contribution in [0, 0.1) is 25.2 Å². The van der Waals surface area contributed by atoms with Crippen molar-refractivity contribution in [3.05, 3.63) is 32.7 Å². The Bertz CT molecular complexity index is 715. The zero-order valence-electron chi connectivity index (χ0n) is 15.5. The number of nitrogens with one attached hydrogen (secondary N) is 2. The predicted octanol–water partition coefficient (Wildman–Crippen LogP) is 1.50. The van der Waals surface area contributed by atoms with Crippen LogP contribution in [0.2, 0.25) is 0 Å². The Kier molecular flexibility index (Phi) is 7.82.